The summed E-state index contributed by atoms with van der Waals surface area (Å²) in [6.07, 6.45) is 2.50. The fourth-order valence-corrected chi connectivity index (χ4v) is 3.47. The largest absolute Gasteiger partial charge is 0.396 e. The van der Waals surface area contributed by atoms with Crippen molar-refractivity contribution < 1.29 is 5.11 Å². The molecule has 1 aliphatic rings. The zero-order valence-electron chi connectivity index (χ0n) is 13.4. The van der Waals surface area contributed by atoms with E-state index in [1.807, 2.05) is 24.4 Å². The molecule has 0 spiro atoms. The quantitative estimate of drug-likeness (QED) is 0.822. The van der Waals surface area contributed by atoms with E-state index in [0.717, 1.165) is 17.4 Å². The van der Waals surface area contributed by atoms with Gasteiger partial charge >= 0.3 is 0 Å². The molecule has 6 heteroatoms. The summed E-state index contributed by atoms with van der Waals surface area (Å²) < 4.78 is 2.20. The predicted molar refractivity (Wildman–Crippen MR) is 94.0 cm³/mol. The van der Waals surface area contributed by atoms with E-state index in [2.05, 4.69) is 45.9 Å². The fraction of sp³-hybridized carbons (Fsp3) is 0.412. The van der Waals surface area contributed by atoms with Gasteiger partial charge in [0.15, 0.2) is 5.11 Å². The number of nitrogens with one attached hydrogen (secondary N) is 1. The van der Waals surface area contributed by atoms with Crippen molar-refractivity contribution in [2.45, 2.75) is 25.4 Å². The van der Waals surface area contributed by atoms with Gasteiger partial charge in [-0.1, -0.05) is 6.07 Å². The fourth-order valence-electron chi connectivity index (χ4n) is 3.14. The maximum absolute atomic E-state index is 9.20. The van der Waals surface area contributed by atoms with Crippen LogP contribution < -0.4 is 5.32 Å². The minimum atomic E-state index is 0.00962. The Hall–Kier alpha value is -1.92. The average molecular weight is 330 g/mol. The van der Waals surface area contributed by atoms with Crippen molar-refractivity contribution in [3.05, 3.63) is 53.6 Å². The Kier molecular flexibility index (Phi) is 4.63. The molecular weight excluding hydrogens is 308 g/mol. The molecule has 2 aromatic rings. The molecule has 3 heterocycles. The van der Waals surface area contributed by atoms with Crippen LogP contribution in [0.5, 0.6) is 0 Å². The number of hydrogen-bond acceptors (Lipinski definition) is 3. The predicted octanol–water partition coefficient (Wildman–Crippen LogP) is 2.08. The summed E-state index contributed by atoms with van der Waals surface area (Å²) in [6.45, 7) is 2.98. The van der Waals surface area contributed by atoms with Gasteiger partial charge in [-0.25, -0.2) is 0 Å². The molecule has 0 aromatic carbocycles. The molecular formula is C17H22N4OS. The first-order valence-electron chi connectivity index (χ1n) is 7.84. The van der Waals surface area contributed by atoms with E-state index < -0.39 is 0 Å². The van der Waals surface area contributed by atoms with Crippen molar-refractivity contribution in [2.75, 3.05) is 13.2 Å². The summed E-state index contributed by atoms with van der Waals surface area (Å²) in [6, 6.07) is 10.3. The molecule has 0 saturated carbocycles. The van der Waals surface area contributed by atoms with Gasteiger partial charge in [0.2, 0.25) is 0 Å². The normalized spacial score (nSPS) is 20.8. The molecule has 0 radical (unpaired) electrons. The van der Waals surface area contributed by atoms with Crippen molar-refractivity contribution in [2.24, 2.45) is 7.05 Å². The zero-order chi connectivity index (χ0) is 16.4. The van der Waals surface area contributed by atoms with E-state index in [1.54, 1.807) is 0 Å². The monoisotopic (exact) mass is 330 g/mol. The van der Waals surface area contributed by atoms with Gasteiger partial charge in [0.25, 0.3) is 0 Å². The number of thiocarbonyl (C=S) groups is 1. The van der Waals surface area contributed by atoms with Gasteiger partial charge < -0.3 is 19.9 Å². The van der Waals surface area contributed by atoms with Crippen molar-refractivity contribution in [1.82, 2.24) is 19.8 Å². The molecule has 0 amide bonds. The van der Waals surface area contributed by atoms with Gasteiger partial charge in [0, 0.05) is 37.8 Å². The maximum atomic E-state index is 9.20. The molecule has 1 aliphatic heterocycles. The lowest BCUT2D eigenvalue weighted by atomic mass is 10.0. The van der Waals surface area contributed by atoms with E-state index in [9.17, 15) is 5.11 Å². The summed E-state index contributed by atoms with van der Waals surface area (Å²) in [5, 5.41) is 13.3. The number of rotatable bonds is 5. The SMILES string of the molecule is Cc1ccc([C@@H]2[C@H](c3ccccn3)NC(=S)N2CCCO)n1C. The molecule has 122 valence electrons. The third-order valence-corrected chi connectivity index (χ3v) is 4.82. The minimum Gasteiger partial charge on any atom is -0.396 e. The molecule has 1 saturated heterocycles. The Morgan fingerprint density at radius 1 is 1.30 bits per heavy atom. The lowest BCUT2D eigenvalue weighted by Gasteiger charge is -2.28. The molecule has 1 fully saturated rings. The van der Waals surface area contributed by atoms with Crippen LogP contribution in [0.1, 0.15) is 35.6 Å². The number of pyridine rings is 1. The third-order valence-electron chi connectivity index (χ3n) is 4.47. The highest BCUT2D eigenvalue weighted by atomic mass is 32.1. The summed E-state index contributed by atoms with van der Waals surface area (Å²) in [5.41, 5.74) is 3.38. The van der Waals surface area contributed by atoms with Gasteiger partial charge in [-0.05, 0) is 49.8 Å². The molecule has 23 heavy (non-hydrogen) atoms. The van der Waals surface area contributed by atoms with Crippen LogP contribution in [0.4, 0.5) is 0 Å². The lowest BCUT2D eigenvalue weighted by molar-refractivity contribution is 0.244. The van der Waals surface area contributed by atoms with E-state index in [0.29, 0.717) is 6.42 Å². The smallest absolute Gasteiger partial charge is 0.170 e. The van der Waals surface area contributed by atoms with E-state index in [1.165, 1.54) is 11.4 Å². The van der Waals surface area contributed by atoms with Gasteiger partial charge in [-0.3, -0.25) is 4.98 Å². The Morgan fingerprint density at radius 3 is 2.74 bits per heavy atom. The van der Waals surface area contributed by atoms with Gasteiger partial charge in [-0.2, -0.15) is 0 Å². The summed E-state index contributed by atoms with van der Waals surface area (Å²) in [7, 11) is 2.08. The Labute approximate surface area is 142 Å². The minimum absolute atomic E-state index is 0.00962. The molecule has 2 aromatic heterocycles. The first-order chi connectivity index (χ1) is 11.1. The number of nitrogens with zero attached hydrogens (tertiary/aromatic N) is 3. The van der Waals surface area contributed by atoms with Crippen molar-refractivity contribution >= 4 is 17.3 Å². The molecule has 3 rings (SSSR count). The highest BCUT2D eigenvalue weighted by molar-refractivity contribution is 7.80. The van der Waals surface area contributed by atoms with Gasteiger partial charge in [0.1, 0.15) is 0 Å². The van der Waals surface area contributed by atoms with Gasteiger partial charge in [0.05, 0.1) is 17.8 Å². The molecule has 2 atom stereocenters. The Balaban J connectivity index is 2.01. The van der Waals surface area contributed by atoms with E-state index in [4.69, 9.17) is 12.2 Å². The number of aliphatic hydroxyl groups excluding tert-OH is 1. The average Bonchev–Trinajstić information content (AvgIpc) is 3.06. The number of aryl methyl sites for hydroxylation is 1. The molecule has 5 nitrogen and oxygen atoms in total. The van der Waals surface area contributed by atoms with Crippen LogP contribution in [0.15, 0.2) is 36.5 Å². The first-order valence-corrected chi connectivity index (χ1v) is 8.25. The topological polar surface area (TPSA) is 53.3 Å². The van der Waals surface area contributed by atoms with Crippen molar-refractivity contribution in [3.63, 3.8) is 0 Å². The lowest BCUT2D eigenvalue weighted by Crippen LogP contribution is -2.31. The summed E-state index contributed by atoms with van der Waals surface area (Å²) >= 11 is 5.55. The number of aliphatic hydroxyl groups is 1. The van der Waals surface area contributed by atoms with E-state index >= 15 is 0 Å². The zero-order valence-corrected chi connectivity index (χ0v) is 14.3. The second-order valence-electron chi connectivity index (χ2n) is 5.86. The van der Waals surface area contributed by atoms with Gasteiger partial charge in [-0.15, -0.1) is 0 Å². The molecule has 2 N–H and O–H groups in total. The van der Waals surface area contributed by atoms with Crippen LogP contribution in [0, 0.1) is 6.92 Å². The van der Waals surface area contributed by atoms with Crippen molar-refractivity contribution in [3.8, 4) is 0 Å². The standard InChI is InChI=1S/C17H22N4OS/c1-12-7-8-14(20(12)2)16-15(13-6-3-4-9-18-13)19-17(23)21(16)10-5-11-22/h3-4,6-9,15-16,22H,5,10-11H2,1-2H3,(H,19,23)/t15-,16+/m0/s1. The van der Waals surface area contributed by atoms with Crippen LogP contribution in [-0.4, -0.2) is 37.8 Å². The van der Waals surface area contributed by atoms with Crippen LogP contribution in [0.2, 0.25) is 0 Å². The molecule has 0 aliphatic carbocycles. The highest BCUT2D eigenvalue weighted by Gasteiger charge is 2.40. The second kappa shape index (κ2) is 6.68. The maximum Gasteiger partial charge on any atom is 0.170 e. The highest BCUT2D eigenvalue weighted by Crippen LogP contribution is 2.38. The Morgan fingerprint density at radius 2 is 2.13 bits per heavy atom. The summed E-state index contributed by atoms with van der Waals surface area (Å²) in [4.78, 5) is 6.68. The van der Waals surface area contributed by atoms with Crippen LogP contribution in [0.25, 0.3) is 0 Å². The molecule has 0 bridgehead atoms. The van der Waals surface area contributed by atoms with Crippen LogP contribution >= 0.6 is 12.2 Å². The molecule has 0 unspecified atom stereocenters. The Bertz CT molecular complexity index is 685. The second-order valence-corrected chi connectivity index (χ2v) is 6.24. The number of aromatic nitrogens is 2. The van der Waals surface area contributed by atoms with E-state index in [-0.39, 0.29) is 18.7 Å². The van der Waals surface area contributed by atoms with Crippen LogP contribution in [0.3, 0.4) is 0 Å². The van der Waals surface area contributed by atoms with Crippen LogP contribution in [-0.2, 0) is 7.05 Å². The third kappa shape index (κ3) is 2.96. The summed E-state index contributed by atoms with van der Waals surface area (Å²) in [5.74, 6) is 0. The number of hydrogen-bond donors (Lipinski definition) is 2. The van der Waals surface area contributed by atoms with Crippen molar-refractivity contribution in [1.29, 1.82) is 0 Å². The first kappa shape index (κ1) is 16.0.